The molecular weight excluding hydrogens is 242 g/mol. The number of benzene rings is 1. The zero-order valence-electron chi connectivity index (χ0n) is 9.33. The van der Waals surface area contributed by atoms with E-state index in [0.29, 0.717) is 29.7 Å². The molecular formula is C12H12ClNO3. The van der Waals surface area contributed by atoms with Crippen LogP contribution in [0.5, 0.6) is 11.5 Å². The Hall–Kier alpha value is -1.68. The van der Waals surface area contributed by atoms with E-state index in [1.54, 1.807) is 25.3 Å². The molecule has 17 heavy (non-hydrogen) atoms. The van der Waals surface area contributed by atoms with Crippen LogP contribution in [0.2, 0.25) is 5.02 Å². The van der Waals surface area contributed by atoms with Gasteiger partial charge in [-0.25, -0.2) is 0 Å². The van der Waals surface area contributed by atoms with E-state index in [9.17, 15) is 4.79 Å². The van der Waals surface area contributed by atoms with E-state index in [1.165, 1.54) is 6.08 Å². The summed E-state index contributed by atoms with van der Waals surface area (Å²) < 4.78 is 10.8. The van der Waals surface area contributed by atoms with Crippen molar-refractivity contribution in [3.63, 3.8) is 0 Å². The normalized spacial score (nSPS) is 13.8. The summed E-state index contributed by atoms with van der Waals surface area (Å²) in [5.41, 5.74) is 0.794. The molecule has 90 valence electrons. The van der Waals surface area contributed by atoms with Crippen LogP contribution in [0, 0.1) is 0 Å². The predicted octanol–water partition coefficient (Wildman–Crippen LogP) is 1.87. The highest BCUT2D eigenvalue weighted by Crippen LogP contribution is 2.38. The minimum absolute atomic E-state index is 0.170. The van der Waals surface area contributed by atoms with Gasteiger partial charge in [0.2, 0.25) is 5.91 Å². The lowest BCUT2D eigenvalue weighted by atomic mass is 10.1. The Morgan fingerprint density at radius 1 is 1.41 bits per heavy atom. The number of halogens is 1. The van der Waals surface area contributed by atoms with E-state index in [0.717, 1.165) is 5.56 Å². The number of nitrogens with one attached hydrogen (secondary N) is 1. The first-order valence-corrected chi connectivity index (χ1v) is 5.57. The van der Waals surface area contributed by atoms with Crippen LogP contribution in [-0.4, -0.2) is 26.2 Å². The van der Waals surface area contributed by atoms with E-state index >= 15 is 0 Å². The van der Waals surface area contributed by atoms with Crippen LogP contribution in [0.15, 0.2) is 18.2 Å². The zero-order chi connectivity index (χ0) is 12.3. The molecule has 1 heterocycles. The fourth-order valence-corrected chi connectivity index (χ4v) is 1.76. The third-order valence-corrected chi connectivity index (χ3v) is 2.57. The molecule has 0 unspecified atom stereocenters. The van der Waals surface area contributed by atoms with Gasteiger partial charge in [0.15, 0.2) is 11.5 Å². The molecule has 0 fully saturated rings. The number of carbonyl (C=O) groups excluding carboxylic acids is 1. The lowest BCUT2D eigenvalue weighted by molar-refractivity contribution is -0.115. The minimum atomic E-state index is -0.170. The first kappa shape index (κ1) is 11.8. The lowest BCUT2D eigenvalue weighted by Crippen LogP contribution is -2.15. The predicted molar refractivity (Wildman–Crippen MR) is 65.5 cm³/mol. The standard InChI is InChI=1S/C12H12ClNO3/c1-14-11(15)3-2-8-6-9(13)12-10(7-8)16-4-5-17-12/h2-3,6-7H,4-5H2,1H3,(H,14,15)/b3-2+. The summed E-state index contributed by atoms with van der Waals surface area (Å²) >= 11 is 6.06. The Balaban J connectivity index is 2.28. The van der Waals surface area contributed by atoms with Gasteiger partial charge >= 0.3 is 0 Å². The summed E-state index contributed by atoms with van der Waals surface area (Å²) in [4.78, 5) is 11.1. The molecule has 1 aliphatic rings. The second kappa shape index (κ2) is 5.10. The summed E-state index contributed by atoms with van der Waals surface area (Å²) in [7, 11) is 1.57. The van der Waals surface area contributed by atoms with Gasteiger partial charge in [-0.1, -0.05) is 11.6 Å². The molecule has 0 saturated carbocycles. The fraction of sp³-hybridized carbons (Fsp3) is 0.250. The molecule has 0 spiro atoms. The highest BCUT2D eigenvalue weighted by Gasteiger charge is 2.15. The first-order chi connectivity index (χ1) is 8.20. The number of amides is 1. The van der Waals surface area contributed by atoms with Crippen molar-refractivity contribution in [3.8, 4) is 11.5 Å². The van der Waals surface area contributed by atoms with E-state index in [1.807, 2.05) is 0 Å². The first-order valence-electron chi connectivity index (χ1n) is 5.19. The van der Waals surface area contributed by atoms with Crippen LogP contribution < -0.4 is 14.8 Å². The van der Waals surface area contributed by atoms with Gasteiger partial charge in [0.25, 0.3) is 0 Å². The Bertz CT molecular complexity index is 471. The number of likely N-dealkylation sites (N-methyl/N-ethyl adjacent to an activating group) is 1. The van der Waals surface area contributed by atoms with Gasteiger partial charge in [0.05, 0.1) is 5.02 Å². The fourth-order valence-electron chi connectivity index (χ4n) is 1.48. The van der Waals surface area contributed by atoms with Crippen LogP contribution in [0.3, 0.4) is 0 Å². The summed E-state index contributed by atoms with van der Waals surface area (Å²) in [6.07, 6.45) is 3.10. The SMILES string of the molecule is CNC(=O)/C=C/c1cc(Cl)c2c(c1)OCCO2. The number of hydrogen-bond acceptors (Lipinski definition) is 3. The van der Waals surface area contributed by atoms with Crippen molar-refractivity contribution in [2.45, 2.75) is 0 Å². The van der Waals surface area contributed by atoms with Crippen molar-refractivity contribution in [1.82, 2.24) is 5.32 Å². The van der Waals surface area contributed by atoms with Crippen molar-refractivity contribution in [2.75, 3.05) is 20.3 Å². The molecule has 0 atom stereocenters. The molecule has 0 saturated heterocycles. The number of rotatable bonds is 2. The number of fused-ring (bicyclic) bond motifs is 1. The molecule has 0 radical (unpaired) electrons. The van der Waals surface area contributed by atoms with Gasteiger partial charge in [-0.15, -0.1) is 0 Å². The topological polar surface area (TPSA) is 47.6 Å². The van der Waals surface area contributed by atoms with Gasteiger partial charge in [-0.2, -0.15) is 0 Å². The van der Waals surface area contributed by atoms with Crippen LogP contribution in [0.25, 0.3) is 6.08 Å². The maximum atomic E-state index is 11.1. The summed E-state index contributed by atoms with van der Waals surface area (Å²) in [6.45, 7) is 1.01. The zero-order valence-corrected chi connectivity index (χ0v) is 10.1. The maximum Gasteiger partial charge on any atom is 0.243 e. The van der Waals surface area contributed by atoms with Crippen molar-refractivity contribution in [2.24, 2.45) is 0 Å². The molecule has 4 nitrogen and oxygen atoms in total. The van der Waals surface area contributed by atoms with Gasteiger partial charge in [0.1, 0.15) is 13.2 Å². The molecule has 0 bridgehead atoms. The third-order valence-electron chi connectivity index (χ3n) is 2.29. The molecule has 1 aliphatic heterocycles. The molecule has 0 aromatic heterocycles. The molecule has 1 aromatic rings. The molecule has 0 aliphatic carbocycles. The monoisotopic (exact) mass is 253 g/mol. The van der Waals surface area contributed by atoms with Gasteiger partial charge < -0.3 is 14.8 Å². The second-order valence-electron chi connectivity index (χ2n) is 3.47. The highest BCUT2D eigenvalue weighted by atomic mass is 35.5. The van der Waals surface area contributed by atoms with Crippen LogP contribution >= 0.6 is 11.6 Å². The number of carbonyl (C=O) groups is 1. The van der Waals surface area contributed by atoms with E-state index in [4.69, 9.17) is 21.1 Å². The molecule has 1 N–H and O–H groups in total. The highest BCUT2D eigenvalue weighted by molar-refractivity contribution is 6.32. The molecule has 1 aromatic carbocycles. The summed E-state index contributed by atoms with van der Waals surface area (Å²) in [5, 5.41) is 2.98. The average molecular weight is 254 g/mol. The largest absolute Gasteiger partial charge is 0.486 e. The third kappa shape index (κ3) is 2.71. The summed E-state index contributed by atoms with van der Waals surface area (Å²) in [5.74, 6) is 1.01. The van der Waals surface area contributed by atoms with Crippen LogP contribution in [0.4, 0.5) is 0 Å². The maximum absolute atomic E-state index is 11.1. The average Bonchev–Trinajstić information content (AvgIpc) is 2.36. The van der Waals surface area contributed by atoms with E-state index < -0.39 is 0 Å². The van der Waals surface area contributed by atoms with Crippen LogP contribution in [-0.2, 0) is 4.79 Å². The van der Waals surface area contributed by atoms with Gasteiger partial charge in [0, 0.05) is 13.1 Å². The molecule has 1 amide bonds. The smallest absolute Gasteiger partial charge is 0.243 e. The van der Waals surface area contributed by atoms with Crippen molar-refractivity contribution in [1.29, 1.82) is 0 Å². The Kier molecular flexibility index (Phi) is 3.54. The Morgan fingerprint density at radius 3 is 2.94 bits per heavy atom. The van der Waals surface area contributed by atoms with Gasteiger partial charge in [-0.3, -0.25) is 4.79 Å². The molecule has 2 rings (SSSR count). The Labute approximate surface area is 104 Å². The second-order valence-corrected chi connectivity index (χ2v) is 3.88. The van der Waals surface area contributed by atoms with E-state index in [2.05, 4.69) is 5.32 Å². The van der Waals surface area contributed by atoms with Crippen molar-refractivity contribution in [3.05, 3.63) is 28.8 Å². The van der Waals surface area contributed by atoms with E-state index in [-0.39, 0.29) is 5.91 Å². The number of ether oxygens (including phenoxy) is 2. The quantitative estimate of drug-likeness (QED) is 0.819. The minimum Gasteiger partial charge on any atom is -0.486 e. The summed E-state index contributed by atoms with van der Waals surface area (Å²) in [6, 6.07) is 3.52. The van der Waals surface area contributed by atoms with Crippen molar-refractivity contribution >= 4 is 23.6 Å². The molecule has 5 heteroatoms. The van der Waals surface area contributed by atoms with Crippen molar-refractivity contribution < 1.29 is 14.3 Å². The van der Waals surface area contributed by atoms with Crippen LogP contribution in [0.1, 0.15) is 5.56 Å². The lowest BCUT2D eigenvalue weighted by Gasteiger charge is -2.19. The number of hydrogen-bond donors (Lipinski definition) is 1. The van der Waals surface area contributed by atoms with Gasteiger partial charge in [-0.05, 0) is 23.8 Å². The Morgan fingerprint density at radius 2 is 2.18 bits per heavy atom.